The van der Waals surface area contributed by atoms with Gasteiger partial charge in [0.2, 0.25) is 0 Å². The van der Waals surface area contributed by atoms with Gasteiger partial charge in [-0.15, -0.1) is 0 Å². The van der Waals surface area contributed by atoms with Crippen molar-refractivity contribution in [2.24, 2.45) is 0 Å². The fourth-order valence-corrected chi connectivity index (χ4v) is 9.18. The number of rotatable bonds is 5. The zero-order chi connectivity index (χ0) is 19.9. The summed E-state index contributed by atoms with van der Waals surface area (Å²) in [4.78, 5) is 11.6. The van der Waals surface area contributed by atoms with Crippen molar-refractivity contribution in [2.75, 3.05) is 0 Å². The Hall–Kier alpha value is -2.21. The number of aliphatic carboxylic acids is 1. The van der Waals surface area contributed by atoms with Crippen molar-refractivity contribution in [1.29, 1.82) is 0 Å². The number of carbonyl (C=O) groups is 1. The fraction of sp³-hybridized carbons (Fsp3) is 0.348. The standard InChI is InChI=1S/C23H27NO3Si/c1-23(2,3)28(17-10-6-4-7-11-17,18-12-8-5-9-13-18)27-20-15-16(22(25)26)14-19-21(20)24-19/h4-14,19-21,24H,15H2,1-3H3,(H,25,26)/t19-,20+,21+/m0/s1. The maximum absolute atomic E-state index is 11.6. The molecule has 0 bridgehead atoms. The summed E-state index contributed by atoms with van der Waals surface area (Å²) in [5.74, 6) is -0.844. The second kappa shape index (κ2) is 6.99. The van der Waals surface area contributed by atoms with E-state index in [2.05, 4.69) is 74.6 Å². The van der Waals surface area contributed by atoms with Gasteiger partial charge >= 0.3 is 5.97 Å². The van der Waals surface area contributed by atoms with Crippen molar-refractivity contribution in [2.45, 2.75) is 50.4 Å². The van der Waals surface area contributed by atoms with Crippen molar-refractivity contribution in [3.8, 4) is 0 Å². The predicted octanol–water partition coefficient (Wildman–Crippen LogP) is 2.69. The van der Waals surface area contributed by atoms with Crippen LogP contribution >= 0.6 is 0 Å². The molecule has 1 fully saturated rings. The number of carboxylic acid groups (broad SMARTS) is 1. The van der Waals surface area contributed by atoms with Crippen LogP contribution in [0, 0.1) is 0 Å². The molecule has 1 aliphatic heterocycles. The van der Waals surface area contributed by atoms with Crippen LogP contribution < -0.4 is 15.7 Å². The summed E-state index contributed by atoms with van der Waals surface area (Å²) in [6.45, 7) is 6.73. The highest BCUT2D eigenvalue weighted by molar-refractivity contribution is 6.99. The Bertz CT molecular complexity index is 850. The molecule has 1 heterocycles. The Labute approximate surface area is 167 Å². The van der Waals surface area contributed by atoms with E-state index in [4.69, 9.17) is 4.43 Å². The van der Waals surface area contributed by atoms with E-state index in [1.165, 1.54) is 10.4 Å². The van der Waals surface area contributed by atoms with Gasteiger partial charge in [0, 0.05) is 18.0 Å². The molecule has 2 aromatic rings. The van der Waals surface area contributed by atoms with Crippen LogP contribution in [0.25, 0.3) is 0 Å². The first kappa shape index (κ1) is 19.1. The Morgan fingerprint density at radius 2 is 1.57 bits per heavy atom. The summed E-state index contributed by atoms with van der Waals surface area (Å²) in [5, 5.41) is 15.3. The summed E-state index contributed by atoms with van der Waals surface area (Å²) in [5.41, 5.74) is 0.453. The van der Waals surface area contributed by atoms with Gasteiger partial charge in [0.25, 0.3) is 8.32 Å². The van der Waals surface area contributed by atoms with Crippen molar-refractivity contribution >= 4 is 24.7 Å². The van der Waals surface area contributed by atoms with Crippen LogP contribution in [0.4, 0.5) is 0 Å². The average molecular weight is 394 g/mol. The fourth-order valence-electron chi connectivity index (χ4n) is 4.48. The molecule has 0 radical (unpaired) electrons. The highest BCUT2D eigenvalue weighted by Crippen LogP contribution is 2.41. The molecule has 4 nitrogen and oxygen atoms in total. The molecule has 28 heavy (non-hydrogen) atoms. The quantitative estimate of drug-likeness (QED) is 0.605. The van der Waals surface area contributed by atoms with Gasteiger partial charge in [-0.2, -0.15) is 0 Å². The Balaban J connectivity index is 1.82. The zero-order valence-corrected chi connectivity index (χ0v) is 17.6. The van der Waals surface area contributed by atoms with Gasteiger partial charge in [-0.3, -0.25) is 0 Å². The van der Waals surface area contributed by atoms with Crippen molar-refractivity contribution < 1.29 is 14.3 Å². The minimum atomic E-state index is -2.68. The van der Waals surface area contributed by atoms with E-state index in [0.717, 1.165) is 0 Å². The van der Waals surface area contributed by atoms with Crippen LogP contribution in [0.1, 0.15) is 27.2 Å². The molecule has 146 valence electrons. The Morgan fingerprint density at radius 3 is 2.04 bits per heavy atom. The third kappa shape index (κ3) is 3.24. The van der Waals surface area contributed by atoms with E-state index in [-0.39, 0.29) is 23.2 Å². The third-order valence-electron chi connectivity index (χ3n) is 5.88. The van der Waals surface area contributed by atoms with Crippen molar-refractivity contribution in [3.05, 3.63) is 72.3 Å². The summed E-state index contributed by atoms with van der Waals surface area (Å²) >= 11 is 0. The Morgan fingerprint density at radius 1 is 1.04 bits per heavy atom. The topological polar surface area (TPSA) is 68.5 Å². The van der Waals surface area contributed by atoms with Crippen LogP contribution in [0.5, 0.6) is 0 Å². The normalized spacial score (nSPS) is 24.2. The second-order valence-electron chi connectivity index (χ2n) is 8.74. The van der Waals surface area contributed by atoms with Gasteiger partial charge in [-0.25, -0.2) is 4.79 Å². The van der Waals surface area contributed by atoms with Crippen LogP contribution in [0.15, 0.2) is 72.3 Å². The molecular formula is C23H27NO3Si. The summed E-state index contributed by atoms with van der Waals surface area (Å²) in [7, 11) is -2.68. The maximum Gasteiger partial charge on any atom is 0.331 e. The molecule has 0 saturated carbocycles. The zero-order valence-electron chi connectivity index (χ0n) is 16.6. The first-order chi connectivity index (χ1) is 13.3. The van der Waals surface area contributed by atoms with Crippen molar-refractivity contribution in [3.63, 3.8) is 0 Å². The van der Waals surface area contributed by atoms with Gasteiger partial charge in [-0.1, -0.05) is 87.5 Å². The number of nitrogens with one attached hydrogen (secondary N) is 1. The van der Waals surface area contributed by atoms with Crippen LogP contribution in [-0.4, -0.2) is 37.6 Å². The lowest BCUT2D eigenvalue weighted by Crippen LogP contribution is -2.68. The van der Waals surface area contributed by atoms with Crippen molar-refractivity contribution in [1.82, 2.24) is 5.32 Å². The number of hydrogen-bond donors (Lipinski definition) is 2. The number of carboxylic acids is 1. The largest absolute Gasteiger partial charge is 0.478 e. The molecule has 2 N–H and O–H groups in total. The average Bonchev–Trinajstić information content (AvgIpc) is 3.46. The molecule has 5 heteroatoms. The molecule has 1 aliphatic carbocycles. The maximum atomic E-state index is 11.6. The summed E-state index contributed by atoms with van der Waals surface area (Å²) < 4.78 is 7.12. The number of benzene rings is 2. The first-order valence-corrected chi connectivity index (χ1v) is 11.7. The van der Waals surface area contributed by atoms with E-state index in [1.807, 2.05) is 18.2 Å². The molecule has 0 aromatic heterocycles. The van der Waals surface area contributed by atoms with E-state index >= 15 is 0 Å². The van der Waals surface area contributed by atoms with Crippen LogP contribution in [-0.2, 0) is 9.22 Å². The molecule has 4 rings (SSSR count). The lowest BCUT2D eigenvalue weighted by Gasteiger charge is -2.45. The molecule has 2 aromatic carbocycles. The number of hydrogen-bond acceptors (Lipinski definition) is 3. The summed E-state index contributed by atoms with van der Waals surface area (Å²) in [6.07, 6.45) is 2.14. The summed E-state index contributed by atoms with van der Waals surface area (Å²) in [6, 6.07) is 21.3. The predicted molar refractivity (Wildman–Crippen MR) is 114 cm³/mol. The lowest BCUT2D eigenvalue weighted by atomic mass is 9.97. The molecule has 0 spiro atoms. The highest BCUT2D eigenvalue weighted by Gasteiger charge is 2.55. The van der Waals surface area contributed by atoms with Gasteiger partial charge in [-0.05, 0) is 15.4 Å². The first-order valence-electron chi connectivity index (χ1n) is 9.82. The third-order valence-corrected chi connectivity index (χ3v) is 10.9. The lowest BCUT2D eigenvalue weighted by molar-refractivity contribution is -0.133. The molecule has 2 aliphatic rings. The molecular weight excluding hydrogens is 366 g/mol. The molecule has 0 amide bonds. The minimum Gasteiger partial charge on any atom is -0.478 e. The molecule has 0 unspecified atom stereocenters. The van der Waals surface area contributed by atoms with E-state index < -0.39 is 14.3 Å². The number of fused-ring (bicyclic) bond motifs is 1. The van der Waals surface area contributed by atoms with Gasteiger partial charge in [0.1, 0.15) is 0 Å². The van der Waals surface area contributed by atoms with E-state index in [0.29, 0.717) is 12.0 Å². The van der Waals surface area contributed by atoms with Crippen LogP contribution in [0.2, 0.25) is 5.04 Å². The minimum absolute atomic E-state index is 0.114. The van der Waals surface area contributed by atoms with Gasteiger partial charge in [0.15, 0.2) is 0 Å². The smallest absolute Gasteiger partial charge is 0.331 e. The monoisotopic (exact) mass is 393 g/mol. The van der Waals surface area contributed by atoms with Crippen LogP contribution in [0.3, 0.4) is 0 Å². The van der Waals surface area contributed by atoms with Gasteiger partial charge < -0.3 is 14.8 Å². The molecule has 3 atom stereocenters. The van der Waals surface area contributed by atoms with E-state index in [1.54, 1.807) is 0 Å². The SMILES string of the molecule is CC(C)(C)[Si](O[C@@H]1CC(C(=O)O)=C[C@@H]2N[C@H]21)(c1ccccc1)c1ccccc1. The van der Waals surface area contributed by atoms with Gasteiger partial charge in [0.05, 0.1) is 12.1 Å². The van der Waals surface area contributed by atoms with E-state index in [9.17, 15) is 9.90 Å². The highest BCUT2D eigenvalue weighted by atomic mass is 28.4. The Kier molecular flexibility index (Phi) is 4.77. The molecule has 1 saturated heterocycles. The second-order valence-corrected chi connectivity index (χ2v) is 13.0.